The normalized spacial score (nSPS) is 16.5. The Bertz CT molecular complexity index is 1050. The van der Waals surface area contributed by atoms with Crippen LogP contribution in [0.25, 0.3) is 17.0 Å². The summed E-state index contributed by atoms with van der Waals surface area (Å²) in [6.45, 7) is 2.04. The first-order valence-corrected chi connectivity index (χ1v) is 8.35. The number of aromatic nitrogens is 1. The average Bonchev–Trinajstić information content (AvgIpc) is 2.95. The van der Waals surface area contributed by atoms with Gasteiger partial charge in [-0.3, -0.25) is 9.59 Å². The zero-order valence-electron chi connectivity index (χ0n) is 13.9. The fraction of sp³-hybridized carbons (Fsp3) is 0.143. The van der Waals surface area contributed by atoms with Crippen LogP contribution in [0, 0.1) is 0 Å². The van der Waals surface area contributed by atoms with Crippen LogP contribution in [-0.4, -0.2) is 16.9 Å². The molecule has 4 rings (SSSR count). The number of benzene rings is 2. The Hall–Kier alpha value is -3.14. The van der Waals surface area contributed by atoms with Gasteiger partial charge in [0.2, 0.25) is 0 Å². The van der Waals surface area contributed by atoms with E-state index in [4.69, 9.17) is 0 Å². The van der Waals surface area contributed by atoms with E-state index in [2.05, 4.69) is 11.1 Å². The largest absolute Gasteiger partial charge is 0.321 e. The summed E-state index contributed by atoms with van der Waals surface area (Å²) >= 11 is 0. The van der Waals surface area contributed by atoms with Crippen molar-refractivity contribution in [3.05, 3.63) is 82.2 Å². The Morgan fingerprint density at radius 2 is 1.92 bits per heavy atom. The Balaban J connectivity index is 1.65. The van der Waals surface area contributed by atoms with Crippen molar-refractivity contribution in [1.82, 2.24) is 4.98 Å². The van der Waals surface area contributed by atoms with E-state index in [1.807, 2.05) is 49.4 Å². The lowest BCUT2D eigenvalue weighted by Gasteiger charge is -2.20. The standard InChI is InChI=1S/C21H18N2O2/c1-14-12-16-7-3-5-9-19(16)23(14)20(24)11-10-17-13-15-6-2-4-8-18(15)22-21(17)25/h2-11,13-14H,12H2,1H3,(H,22,25)/b11-10+. The van der Waals surface area contributed by atoms with Gasteiger partial charge in [-0.25, -0.2) is 0 Å². The molecular formula is C21H18N2O2. The second-order valence-electron chi connectivity index (χ2n) is 6.36. The van der Waals surface area contributed by atoms with E-state index in [9.17, 15) is 9.59 Å². The average molecular weight is 330 g/mol. The van der Waals surface area contributed by atoms with Crippen molar-refractivity contribution in [3.63, 3.8) is 0 Å². The lowest BCUT2D eigenvalue weighted by atomic mass is 10.1. The highest BCUT2D eigenvalue weighted by atomic mass is 16.2. The number of carbonyl (C=O) groups excluding carboxylic acids is 1. The second-order valence-corrected chi connectivity index (χ2v) is 6.36. The van der Waals surface area contributed by atoms with E-state index >= 15 is 0 Å². The van der Waals surface area contributed by atoms with Gasteiger partial charge >= 0.3 is 0 Å². The van der Waals surface area contributed by atoms with Gasteiger partial charge in [-0.2, -0.15) is 0 Å². The van der Waals surface area contributed by atoms with Gasteiger partial charge in [0.05, 0.1) is 0 Å². The van der Waals surface area contributed by atoms with Gasteiger partial charge in [0.1, 0.15) is 0 Å². The van der Waals surface area contributed by atoms with Crippen molar-refractivity contribution in [2.24, 2.45) is 0 Å². The topological polar surface area (TPSA) is 53.2 Å². The number of anilines is 1. The van der Waals surface area contributed by atoms with E-state index in [1.54, 1.807) is 17.0 Å². The van der Waals surface area contributed by atoms with Crippen LogP contribution < -0.4 is 10.5 Å². The Kier molecular flexibility index (Phi) is 3.73. The number of hydrogen-bond donors (Lipinski definition) is 1. The van der Waals surface area contributed by atoms with Gasteiger partial charge < -0.3 is 9.88 Å². The predicted octanol–water partition coefficient (Wildman–Crippen LogP) is 3.52. The monoisotopic (exact) mass is 330 g/mol. The van der Waals surface area contributed by atoms with Crippen molar-refractivity contribution in [3.8, 4) is 0 Å². The number of nitrogens with one attached hydrogen (secondary N) is 1. The molecule has 4 heteroatoms. The number of para-hydroxylation sites is 2. The summed E-state index contributed by atoms with van der Waals surface area (Å²) in [5.74, 6) is -0.106. The summed E-state index contributed by atoms with van der Waals surface area (Å²) in [6.07, 6.45) is 3.94. The first-order chi connectivity index (χ1) is 12.1. The third-order valence-corrected chi connectivity index (χ3v) is 4.63. The number of rotatable bonds is 2. The Labute approximate surface area is 145 Å². The molecule has 1 unspecified atom stereocenters. The van der Waals surface area contributed by atoms with Gasteiger partial charge in [0, 0.05) is 28.9 Å². The van der Waals surface area contributed by atoms with Crippen LogP contribution in [0.5, 0.6) is 0 Å². The maximum Gasteiger partial charge on any atom is 0.255 e. The van der Waals surface area contributed by atoms with Gasteiger partial charge in [-0.05, 0) is 48.6 Å². The minimum absolute atomic E-state index is 0.106. The molecule has 0 aliphatic carbocycles. The van der Waals surface area contributed by atoms with Crippen LogP contribution in [0.1, 0.15) is 18.1 Å². The van der Waals surface area contributed by atoms with Crippen LogP contribution in [-0.2, 0) is 11.2 Å². The second kappa shape index (κ2) is 6.06. The number of carbonyl (C=O) groups is 1. The van der Waals surface area contributed by atoms with Crippen LogP contribution in [0.3, 0.4) is 0 Å². The fourth-order valence-electron chi connectivity index (χ4n) is 3.43. The SMILES string of the molecule is CC1Cc2ccccc2N1C(=O)/C=C/c1cc2ccccc2[nH]c1=O. The molecule has 4 nitrogen and oxygen atoms in total. The highest BCUT2D eigenvalue weighted by Crippen LogP contribution is 2.31. The molecule has 124 valence electrons. The molecule has 1 aromatic heterocycles. The van der Waals surface area contributed by atoms with Gasteiger partial charge in [0.25, 0.3) is 11.5 Å². The van der Waals surface area contributed by atoms with Crippen molar-refractivity contribution in [2.45, 2.75) is 19.4 Å². The number of H-pyrrole nitrogens is 1. The maximum atomic E-state index is 12.7. The van der Waals surface area contributed by atoms with Crippen molar-refractivity contribution >= 4 is 28.6 Å². The molecule has 0 radical (unpaired) electrons. The molecule has 2 heterocycles. The third-order valence-electron chi connectivity index (χ3n) is 4.63. The molecule has 0 fully saturated rings. The van der Waals surface area contributed by atoms with Crippen molar-refractivity contribution in [2.75, 3.05) is 4.90 Å². The molecule has 0 bridgehead atoms. The van der Waals surface area contributed by atoms with E-state index < -0.39 is 0 Å². The summed E-state index contributed by atoms with van der Waals surface area (Å²) in [5.41, 5.74) is 3.21. The van der Waals surface area contributed by atoms with Crippen LogP contribution >= 0.6 is 0 Å². The number of nitrogens with zero attached hydrogens (tertiary/aromatic N) is 1. The molecule has 0 saturated carbocycles. The molecule has 1 amide bonds. The van der Waals surface area contributed by atoms with Gasteiger partial charge in [-0.15, -0.1) is 0 Å². The van der Waals surface area contributed by atoms with E-state index in [0.29, 0.717) is 5.56 Å². The molecule has 0 saturated heterocycles. The first-order valence-electron chi connectivity index (χ1n) is 8.35. The van der Waals surface area contributed by atoms with Crippen LogP contribution in [0.15, 0.2) is 65.5 Å². The molecule has 0 spiro atoms. The highest BCUT2D eigenvalue weighted by Gasteiger charge is 2.29. The molecule has 1 atom stereocenters. The smallest absolute Gasteiger partial charge is 0.255 e. The summed E-state index contributed by atoms with van der Waals surface area (Å²) in [4.78, 5) is 29.5. The quantitative estimate of drug-likeness (QED) is 0.731. The molecule has 3 aromatic rings. The highest BCUT2D eigenvalue weighted by molar-refractivity contribution is 6.05. The van der Waals surface area contributed by atoms with Crippen molar-refractivity contribution in [1.29, 1.82) is 0 Å². The van der Waals surface area contributed by atoms with Crippen LogP contribution in [0.2, 0.25) is 0 Å². The molecule has 25 heavy (non-hydrogen) atoms. The molecule has 1 aliphatic heterocycles. The number of amides is 1. The number of hydrogen-bond acceptors (Lipinski definition) is 2. The zero-order chi connectivity index (χ0) is 17.4. The maximum absolute atomic E-state index is 12.7. The molecule has 2 aromatic carbocycles. The lowest BCUT2D eigenvalue weighted by Crippen LogP contribution is -2.34. The van der Waals surface area contributed by atoms with Gasteiger partial charge in [0.15, 0.2) is 0 Å². The predicted molar refractivity (Wildman–Crippen MR) is 101 cm³/mol. The molecular weight excluding hydrogens is 312 g/mol. The fourth-order valence-corrected chi connectivity index (χ4v) is 3.43. The molecule has 1 aliphatic rings. The lowest BCUT2D eigenvalue weighted by molar-refractivity contribution is -0.114. The summed E-state index contributed by atoms with van der Waals surface area (Å²) in [5, 5.41) is 0.939. The van der Waals surface area contributed by atoms with Crippen molar-refractivity contribution < 1.29 is 4.79 Å². The summed E-state index contributed by atoms with van der Waals surface area (Å²) in [6, 6.07) is 17.5. The van der Waals surface area contributed by atoms with E-state index in [-0.39, 0.29) is 17.5 Å². The number of pyridine rings is 1. The Morgan fingerprint density at radius 3 is 2.80 bits per heavy atom. The van der Waals surface area contributed by atoms with Gasteiger partial charge in [-0.1, -0.05) is 36.4 Å². The minimum Gasteiger partial charge on any atom is -0.321 e. The Morgan fingerprint density at radius 1 is 1.16 bits per heavy atom. The van der Waals surface area contributed by atoms with E-state index in [0.717, 1.165) is 23.0 Å². The third kappa shape index (κ3) is 2.76. The summed E-state index contributed by atoms with van der Waals surface area (Å²) in [7, 11) is 0. The zero-order valence-corrected chi connectivity index (χ0v) is 13.9. The number of aromatic amines is 1. The summed E-state index contributed by atoms with van der Waals surface area (Å²) < 4.78 is 0. The number of fused-ring (bicyclic) bond motifs is 2. The van der Waals surface area contributed by atoms with E-state index in [1.165, 1.54) is 11.6 Å². The molecule has 1 N–H and O–H groups in total. The first kappa shape index (κ1) is 15.4. The van der Waals surface area contributed by atoms with Crippen LogP contribution in [0.4, 0.5) is 5.69 Å². The minimum atomic E-state index is -0.197.